The maximum Gasteiger partial charge on any atom is 0.400 e. The quantitative estimate of drug-likeness (QED) is 0.794. The number of carbonyl (C=O) groups excluding carboxylic acids is 1. The topological polar surface area (TPSA) is 66.6 Å². The number of primary amides is 1. The van der Waals surface area contributed by atoms with Gasteiger partial charge in [-0.1, -0.05) is 12.1 Å². The average molecular weight is 274 g/mol. The van der Waals surface area contributed by atoms with Crippen LogP contribution in [-0.2, 0) is 6.54 Å². The third-order valence-electron chi connectivity index (χ3n) is 2.51. The maximum atomic E-state index is 12.3. The van der Waals surface area contributed by atoms with Crippen LogP contribution in [0.1, 0.15) is 15.9 Å². The second kappa shape index (κ2) is 6.07. The van der Waals surface area contributed by atoms with E-state index in [2.05, 4.69) is 0 Å². The fourth-order valence-electron chi connectivity index (χ4n) is 1.61. The summed E-state index contributed by atoms with van der Waals surface area (Å²) in [5.74, 6) is -0.652. The highest BCUT2D eigenvalue weighted by Crippen LogP contribution is 2.19. The lowest BCUT2D eigenvalue weighted by atomic mass is 9.84. The van der Waals surface area contributed by atoms with Crippen LogP contribution >= 0.6 is 0 Å². The predicted molar refractivity (Wildman–Crippen MR) is 65.3 cm³/mol. The van der Waals surface area contributed by atoms with Gasteiger partial charge < -0.3 is 15.6 Å². The van der Waals surface area contributed by atoms with Crippen molar-refractivity contribution in [2.24, 2.45) is 5.73 Å². The van der Waals surface area contributed by atoms with Gasteiger partial charge in [-0.2, -0.15) is 13.2 Å². The van der Waals surface area contributed by atoms with E-state index < -0.39 is 25.7 Å². The number of benzene rings is 1. The molecule has 1 amide bonds. The number of carbonyl (C=O) groups is 1. The van der Waals surface area contributed by atoms with Crippen LogP contribution in [0.3, 0.4) is 0 Å². The standard InChI is InChI=1S/C11H14BF3N2O2/c1-12(19)17(7-11(13,14)15)6-8-3-2-4-9(5-8)10(16)18/h2-5,19H,6-7H2,1H3,(H2,16,18). The predicted octanol–water partition coefficient (Wildman–Crippen LogP) is 1.26. The molecule has 0 atom stereocenters. The summed E-state index contributed by atoms with van der Waals surface area (Å²) in [6.07, 6.45) is -4.40. The van der Waals surface area contributed by atoms with Gasteiger partial charge in [0.05, 0.1) is 6.54 Å². The summed E-state index contributed by atoms with van der Waals surface area (Å²) in [6.45, 7) is -0.104. The van der Waals surface area contributed by atoms with Gasteiger partial charge in [0.2, 0.25) is 5.91 Å². The summed E-state index contributed by atoms with van der Waals surface area (Å²) in [6, 6.07) is 5.98. The van der Waals surface area contributed by atoms with Crippen LogP contribution < -0.4 is 5.73 Å². The first-order valence-electron chi connectivity index (χ1n) is 5.56. The van der Waals surface area contributed by atoms with Gasteiger partial charge in [0, 0.05) is 12.1 Å². The third-order valence-corrected chi connectivity index (χ3v) is 2.51. The smallest absolute Gasteiger partial charge is 0.400 e. The van der Waals surface area contributed by atoms with Gasteiger partial charge in [0.25, 0.3) is 0 Å². The van der Waals surface area contributed by atoms with Gasteiger partial charge in [-0.05, 0) is 24.5 Å². The van der Waals surface area contributed by atoms with Crippen molar-refractivity contribution in [3.8, 4) is 0 Å². The lowest BCUT2D eigenvalue weighted by Gasteiger charge is -2.24. The average Bonchev–Trinajstić information content (AvgIpc) is 2.26. The van der Waals surface area contributed by atoms with Gasteiger partial charge in [0.15, 0.2) is 0 Å². The first kappa shape index (κ1) is 15.5. The van der Waals surface area contributed by atoms with Crippen molar-refractivity contribution in [1.29, 1.82) is 0 Å². The normalized spacial score (nSPS) is 11.7. The van der Waals surface area contributed by atoms with Crippen molar-refractivity contribution in [3.63, 3.8) is 0 Å². The summed E-state index contributed by atoms with van der Waals surface area (Å²) in [5, 5.41) is 9.35. The van der Waals surface area contributed by atoms with Crippen LogP contribution in [0.4, 0.5) is 13.2 Å². The van der Waals surface area contributed by atoms with E-state index in [0.29, 0.717) is 5.56 Å². The van der Waals surface area contributed by atoms with Crippen LogP contribution in [0.25, 0.3) is 0 Å². The second-order valence-corrected chi connectivity index (χ2v) is 4.22. The highest BCUT2D eigenvalue weighted by molar-refractivity contribution is 6.45. The lowest BCUT2D eigenvalue weighted by Crippen LogP contribution is -2.42. The molecule has 104 valence electrons. The summed E-state index contributed by atoms with van der Waals surface area (Å²) in [5.41, 5.74) is 5.78. The Morgan fingerprint density at radius 2 is 2.11 bits per heavy atom. The zero-order chi connectivity index (χ0) is 14.6. The number of hydrogen-bond donors (Lipinski definition) is 2. The number of hydrogen-bond acceptors (Lipinski definition) is 3. The first-order valence-corrected chi connectivity index (χ1v) is 5.56. The Kier molecular flexibility index (Phi) is 4.96. The fourth-order valence-corrected chi connectivity index (χ4v) is 1.61. The van der Waals surface area contributed by atoms with Gasteiger partial charge in [-0.3, -0.25) is 4.79 Å². The third kappa shape index (κ3) is 5.31. The molecule has 4 nitrogen and oxygen atoms in total. The van der Waals surface area contributed by atoms with E-state index in [1.54, 1.807) is 6.07 Å². The maximum absolute atomic E-state index is 12.3. The number of nitrogens with two attached hydrogens (primary N) is 1. The molecule has 0 bridgehead atoms. The van der Waals surface area contributed by atoms with E-state index in [0.717, 1.165) is 4.81 Å². The molecule has 0 saturated heterocycles. The number of alkyl halides is 3. The lowest BCUT2D eigenvalue weighted by molar-refractivity contribution is -0.138. The van der Waals surface area contributed by atoms with Crippen molar-refractivity contribution in [2.45, 2.75) is 19.5 Å². The van der Waals surface area contributed by atoms with Crippen molar-refractivity contribution in [1.82, 2.24) is 4.81 Å². The Balaban J connectivity index is 2.85. The highest BCUT2D eigenvalue weighted by Gasteiger charge is 2.33. The molecule has 0 fully saturated rings. The van der Waals surface area contributed by atoms with Crippen LogP contribution in [-0.4, -0.2) is 35.5 Å². The van der Waals surface area contributed by atoms with Crippen LogP contribution in [0, 0.1) is 0 Å². The molecule has 0 aromatic heterocycles. The number of halogens is 3. The Morgan fingerprint density at radius 1 is 1.47 bits per heavy atom. The molecule has 1 rings (SSSR count). The molecule has 0 saturated carbocycles. The van der Waals surface area contributed by atoms with Gasteiger partial charge in [0.1, 0.15) is 0 Å². The first-order chi connectivity index (χ1) is 8.69. The molecule has 1 aromatic carbocycles. The van der Waals surface area contributed by atoms with Crippen molar-refractivity contribution >= 4 is 13.0 Å². The second-order valence-electron chi connectivity index (χ2n) is 4.22. The molecule has 0 heterocycles. The van der Waals surface area contributed by atoms with Crippen LogP contribution in [0.15, 0.2) is 24.3 Å². The molecule has 0 radical (unpaired) electrons. The van der Waals surface area contributed by atoms with Crippen LogP contribution in [0.2, 0.25) is 6.82 Å². The van der Waals surface area contributed by atoms with Crippen molar-refractivity contribution < 1.29 is 23.0 Å². The van der Waals surface area contributed by atoms with Gasteiger partial charge in [-0.25, -0.2) is 0 Å². The molecule has 0 aliphatic carbocycles. The minimum Gasteiger partial charge on any atom is -0.437 e. The Morgan fingerprint density at radius 3 is 2.58 bits per heavy atom. The Bertz CT molecular complexity index is 452. The Hall–Kier alpha value is -1.54. The molecule has 0 spiro atoms. The van der Waals surface area contributed by atoms with E-state index in [1.807, 2.05) is 0 Å². The number of rotatable bonds is 5. The fraction of sp³-hybridized carbons (Fsp3) is 0.364. The molecule has 0 aliphatic rings. The van der Waals surface area contributed by atoms with Crippen molar-refractivity contribution in [2.75, 3.05) is 6.54 Å². The molecular formula is C11H14BF3N2O2. The largest absolute Gasteiger partial charge is 0.437 e. The minimum absolute atomic E-state index is 0.127. The monoisotopic (exact) mass is 274 g/mol. The zero-order valence-corrected chi connectivity index (χ0v) is 10.3. The van der Waals surface area contributed by atoms with E-state index in [4.69, 9.17) is 5.73 Å². The molecule has 1 aromatic rings. The Labute approximate surface area is 109 Å². The van der Waals surface area contributed by atoms with Crippen LogP contribution in [0.5, 0.6) is 0 Å². The highest BCUT2D eigenvalue weighted by atomic mass is 19.4. The van der Waals surface area contributed by atoms with E-state index in [1.165, 1.54) is 25.0 Å². The zero-order valence-electron chi connectivity index (χ0n) is 10.3. The summed E-state index contributed by atoms with van der Waals surface area (Å²) in [4.78, 5) is 11.8. The van der Waals surface area contributed by atoms with Gasteiger partial charge >= 0.3 is 13.2 Å². The SMILES string of the molecule is CB(O)N(Cc1cccc(C(N)=O)c1)CC(F)(F)F. The number of nitrogens with zero attached hydrogens (tertiary/aromatic N) is 1. The summed E-state index contributed by atoms with van der Waals surface area (Å²) < 4.78 is 37.0. The molecular weight excluding hydrogens is 260 g/mol. The van der Waals surface area contributed by atoms with E-state index >= 15 is 0 Å². The van der Waals surface area contributed by atoms with E-state index in [-0.39, 0.29) is 12.1 Å². The summed E-state index contributed by atoms with van der Waals surface area (Å²) >= 11 is 0. The molecule has 0 unspecified atom stereocenters. The summed E-state index contributed by atoms with van der Waals surface area (Å²) in [7, 11) is -1.25. The van der Waals surface area contributed by atoms with Gasteiger partial charge in [-0.15, -0.1) is 0 Å². The number of amides is 1. The minimum atomic E-state index is -4.40. The molecule has 0 aliphatic heterocycles. The molecule has 8 heteroatoms. The van der Waals surface area contributed by atoms with Crippen molar-refractivity contribution in [3.05, 3.63) is 35.4 Å². The molecule has 19 heavy (non-hydrogen) atoms. The molecule has 3 N–H and O–H groups in total. The van der Waals surface area contributed by atoms with E-state index in [9.17, 15) is 23.0 Å².